The van der Waals surface area contributed by atoms with E-state index in [9.17, 15) is 12.8 Å². The Kier molecular flexibility index (Phi) is 4.93. The molecule has 0 spiro atoms. The average Bonchev–Trinajstić information content (AvgIpc) is 2.52. The smallest absolute Gasteiger partial charge is 0.281 e. The van der Waals surface area contributed by atoms with Crippen molar-refractivity contribution in [1.29, 1.82) is 0 Å². The number of hydrogen-bond donors (Lipinski definition) is 0. The monoisotopic (exact) mass is 314 g/mol. The van der Waals surface area contributed by atoms with Crippen LogP contribution in [0.25, 0.3) is 0 Å². The molecule has 0 aliphatic rings. The third kappa shape index (κ3) is 4.67. The summed E-state index contributed by atoms with van der Waals surface area (Å²) in [4.78, 5) is 0. The third-order valence-electron chi connectivity index (χ3n) is 2.19. The lowest BCUT2D eigenvalue weighted by molar-refractivity contribution is 0.0716. The van der Waals surface area contributed by atoms with Crippen LogP contribution in [0.4, 0.5) is 4.39 Å². The van der Waals surface area contributed by atoms with Gasteiger partial charge >= 0.3 is 0 Å². The van der Waals surface area contributed by atoms with E-state index in [2.05, 4.69) is 24.7 Å². The lowest BCUT2D eigenvalue weighted by Crippen LogP contribution is -2.22. The highest BCUT2D eigenvalue weighted by Gasteiger charge is 2.23. The van der Waals surface area contributed by atoms with Gasteiger partial charge in [0.15, 0.2) is 5.82 Å². The van der Waals surface area contributed by atoms with Gasteiger partial charge in [-0.2, -0.15) is 5.10 Å². The summed E-state index contributed by atoms with van der Waals surface area (Å²) in [5, 5.41) is 2.93. The summed E-state index contributed by atoms with van der Waals surface area (Å²) in [5.74, 6) is -0.973. The molecule has 0 bridgehead atoms. The Morgan fingerprint density at radius 3 is 2.61 bits per heavy atom. The van der Waals surface area contributed by atoms with E-state index >= 15 is 0 Å². The van der Waals surface area contributed by atoms with Crippen LogP contribution in [0.15, 0.2) is 11.2 Å². The van der Waals surface area contributed by atoms with Crippen molar-refractivity contribution >= 4 is 27.8 Å². The first kappa shape index (κ1) is 15.6. The minimum atomic E-state index is -4.16. The highest BCUT2D eigenvalue weighted by Crippen LogP contribution is 2.18. The Hall–Kier alpha value is -0.443. The number of hydrogen-bond acceptors (Lipinski definition) is 4. The minimum Gasteiger partial charge on any atom is -0.359 e. The van der Waals surface area contributed by atoms with Crippen molar-refractivity contribution in [3.05, 3.63) is 12.0 Å². The third-order valence-corrected chi connectivity index (χ3v) is 5.20. The molecule has 1 rings (SSSR count). The van der Waals surface area contributed by atoms with Gasteiger partial charge in [0.1, 0.15) is 6.73 Å². The molecule has 9 heteroatoms. The van der Waals surface area contributed by atoms with Gasteiger partial charge < -0.3 is 4.74 Å². The molecule has 1 aromatic heterocycles. The van der Waals surface area contributed by atoms with E-state index in [0.717, 1.165) is 16.9 Å². The minimum absolute atomic E-state index is 0.129. The van der Waals surface area contributed by atoms with Crippen molar-refractivity contribution in [2.75, 3.05) is 6.61 Å². The zero-order valence-electron chi connectivity index (χ0n) is 10.5. The molecule has 5 nitrogen and oxygen atoms in total. The quantitative estimate of drug-likeness (QED) is 0.459. The fraction of sp³-hybridized carbons (Fsp3) is 0.667. The molecule has 0 fully saturated rings. The zero-order chi connectivity index (χ0) is 14.0. The Morgan fingerprint density at radius 1 is 1.50 bits per heavy atom. The molecule has 104 valence electrons. The molecule has 0 amide bonds. The Bertz CT molecular complexity index is 512. The summed E-state index contributed by atoms with van der Waals surface area (Å²) in [6, 6.07) is 0.930. The van der Waals surface area contributed by atoms with Crippen molar-refractivity contribution < 1.29 is 17.5 Å². The highest BCUT2D eigenvalue weighted by atomic mass is 35.7. The van der Waals surface area contributed by atoms with E-state index in [1.807, 2.05) is 0 Å². The van der Waals surface area contributed by atoms with Crippen molar-refractivity contribution in [2.45, 2.75) is 37.4 Å². The van der Waals surface area contributed by atoms with Gasteiger partial charge in [-0.05, 0) is 6.04 Å². The van der Waals surface area contributed by atoms with E-state index in [1.165, 1.54) is 0 Å². The molecular formula is C9H16ClFN2O3SSi. The van der Waals surface area contributed by atoms with Crippen molar-refractivity contribution in [3.63, 3.8) is 0 Å². The fourth-order valence-electron chi connectivity index (χ4n) is 1.21. The van der Waals surface area contributed by atoms with Crippen LogP contribution in [0.3, 0.4) is 0 Å². The molecule has 0 saturated heterocycles. The van der Waals surface area contributed by atoms with E-state index < -0.39 is 28.0 Å². The molecule has 0 saturated carbocycles. The first-order valence-electron chi connectivity index (χ1n) is 5.35. The van der Waals surface area contributed by atoms with Crippen LogP contribution in [0.1, 0.15) is 0 Å². The van der Waals surface area contributed by atoms with Gasteiger partial charge in [-0.1, -0.05) is 19.6 Å². The number of halogens is 2. The van der Waals surface area contributed by atoms with Gasteiger partial charge in [-0.25, -0.2) is 17.5 Å². The number of rotatable bonds is 6. The SMILES string of the molecule is C[Si](C)(C)CCOCn1ncc(F)c1S(=O)(=O)Cl. The molecule has 0 N–H and O–H groups in total. The molecule has 0 radical (unpaired) electrons. The van der Waals surface area contributed by atoms with Crippen LogP contribution < -0.4 is 0 Å². The lowest BCUT2D eigenvalue weighted by Gasteiger charge is -2.15. The summed E-state index contributed by atoms with van der Waals surface area (Å²) >= 11 is 0. The molecular weight excluding hydrogens is 299 g/mol. The van der Waals surface area contributed by atoms with E-state index in [4.69, 9.17) is 15.4 Å². The predicted molar refractivity (Wildman–Crippen MR) is 69.3 cm³/mol. The molecule has 18 heavy (non-hydrogen) atoms. The van der Waals surface area contributed by atoms with Crippen LogP contribution in [0, 0.1) is 5.82 Å². The Balaban J connectivity index is 2.65. The lowest BCUT2D eigenvalue weighted by atomic mass is 10.7. The van der Waals surface area contributed by atoms with E-state index in [0.29, 0.717) is 6.61 Å². The summed E-state index contributed by atoms with van der Waals surface area (Å²) in [6.45, 7) is 6.93. The van der Waals surface area contributed by atoms with Gasteiger partial charge in [-0.3, -0.25) is 0 Å². The fourth-order valence-corrected chi connectivity index (χ4v) is 3.07. The molecule has 0 unspecified atom stereocenters. The van der Waals surface area contributed by atoms with Gasteiger partial charge in [0.05, 0.1) is 6.20 Å². The van der Waals surface area contributed by atoms with Crippen molar-refractivity contribution in [3.8, 4) is 0 Å². The number of ether oxygens (including phenoxy) is 1. The second-order valence-electron chi connectivity index (χ2n) is 5.08. The maximum Gasteiger partial charge on any atom is 0.281 e. The molecule has 0 aliphatic heterocycles. The van der Waals surface area contributed by atoms with Crippen LogP contribution in [-0.2, 0) is 20.5 Å². The van der Waals surface area contributed by atoms with Crippen LogP contribution >= 0.6 is 10.7 Å². The van der Waals surface area contributed by atoms with Gasteiger partial charge in [0.2, 0.25) is 5.03 Å². The maximum atomic E-state index is 13.2. The molecule has 0 aliphatic carbocycles. The van der Waals surface area contributed by atoms with Crippen LogP contribution in [0.2, 0.25) is 25.7 Å². The van der Waals surface area contributed by atoms with Gasteiger partial charge in [0.25, 0.3) is 9.05 Å². The first-order valence-corrected chi connectivity index (χ1v) is 11.4. The van der Waals surface area contributed by atoms with E-state index in [1.54, 1.807) is 0 Å². The maximum absolute atomic E-state index is 13.2. The largest absolute Gasteiger partial charge is 0.359 e. The normalized spacial score (nSPS) is 12.9. The van der Waals surface area contributed by atoms with Gasteiger partial charge in [0, 0.05) is 25.4 Å². The average molecular weight is 315 g/mol. The standard InChI is InChI=1S/C9H16ClFN2O3SSi/c1-18(2,3)5-4-16-7-13-9(17(10,14)15)8(11)6-12-13/h6H,4-5,7H2,1-3H3. The predicted octanol–water partition coefficient (Wildman–Crippen LogP) is 2.26. The van der Waals surface area contributed by atoms with E-state index in [-0.39, 0.29) is 6.73 Å². The number of aromatic nitrogens is 2. The summed E-state index contributed by atoms with van der Waals surface area (Å²) in [7, 11) is -0.255. The molecule has 1 heterocycles. The summed E-state index contributed by atoms with van der Waals surface area (Å²) in [6.07, 6.45) is 0.803. The zero-order valence-corrected chi connectivity index (χ0v) is 13.1. The number of nitrogens with zero attached hydrogens (tertiary/aromatic N) is 2. The van der Waals surface area contributed by atoms with Crippen molar-refractivity contribution in [1.82, 2.24) is 9.78 Å². The Morgan fingerprint density at radius 2 is 2.11 bits per heavy atom. The first-order chi connectivity index (χ1) is 8.11. The molecule has 0 aromatic carbocycles. The Labute approximate surface area is 111 Å². The summed E-state index contributed by atoms with van der Waals surface area (Å²) < 4.78 is 41.7. The van der Waals surface area contributed by atoms with Crippen LogP contribution in [-0.4, -0.2) is 32.9 Å². The highest BCUT2D eigenvalue weighted by molar-refractivity contribution is 8.13. The second-order valence-corrected chi connectivity index (χ2v) is 13.2. The summed E-state index contributed by atoms with van der Waals surface area (Å²) in [5.41, 5.74) is 0. The molecule has 0 atom stereocenters. The topological polar surface area (TPSA) is 61.2 Å². The van der Waals surface area contributed by atoms with Crippen LogP contribution in [0.5, 0.6) is 0 Å². The second kappa shape index (κ2) is 5.68. The van der Waals surface area contributed by atoms with Crippen molar-refractivity contribution in [2.24, 2.45) is 0 Å². The molecule has 1 aromatic rings. The van der Waals surface area contributed by atoms with Gasteiger partial charge in [-0.15, -0.1) is 0 Å².